The Morgan fingerprint density at radius 2 is 0.920 bits per heavy atom. The van der Waals surface area contributed by atoms with Gasteiger partial charge in [0.25, 0.3) is 0 Å². The summed E-state index contributed by atoms with van der Waals surface area (Å²) in [5.74, 6) is 0. The molecule has 0 aromatic rings. The van der Waals surface area contributed by atoms with Crippen LogP contribution in [0.2, 0.25) is 0 Å². The van der Waals surface area contributed by atoms with Crippen LogP contribution in [0.5, 0.6) is 0 Å². The van der Waals surface area contributed by atoms with Crippen LogP contribution in [0, 0.1) is 0 Å². The summed E-state index contributed by atoms with van der Waals surface area (Å²) in [4.78, 5) is 5.03. The molecule has 6 N–H and O–H groups in total. The second kappa shape index (κ2) is 8.60. The van der Waals surface area contributed by atoms with Crippen molar-refractivity contribution in [2.24, 2.45) is 11.5 Å². The van der Waals surface area contributed by atoms with E-state index in [-0.39, 0.29) is 0 Å². The first-order valence-corrected chi connectivity index (χ1v) is 10.6. The van der Waals surface area contributed by atoms with E-state index in [0.717, 1.165) is 24.2 Å². The van der Waals surface area contributed by atoms with Crippen LogP contribution in [0.1, 0.15) is 51.4 Å². The molecule has 25 heavy (non-hydrogen) atoms. The largest absolute Gasteiger partial charge is 0.394 e. The van der Waals surface area contributed by atoms with Crippen molar-refractivity contribution in [2.75, 3.05) is 14.1 Å². The van der Waals surface area contributed by atoms with Crippen LogP contribution in [-0.2, 0) is 10.4 Å². The fourth-order valence-corrected chi connectivity index (χ4v) is 4.91. The molecule has 0 aliphatic carbocycles. The van der Waals surface area contributed by atoms with E-state index in [0.29, 0.717) is 12.1 Å². The normalized spacial score (nSPS) is 40.7. The summed E-state index contributed by atoms with van der Waals surface area (Å²) in [6.07, 6.45) is 10.5. The Morgan fingerprint density at radius 3 is 1.12 bits per heavy atom. The van der Waals surface area contributed by atoms with Crippen LogP contribution in [0.4, 0.5) is 0 Å². The Kier molecular flexibility index (Phi) is 7.23. The molecule has 4 rings (SSSR count). The van der Waals surface area contributed by atoms with Gasteiger partial charge >= 0.3 is 10.4 Å². The van der Waals surface area contributed by atoms with E-state index >= 15 is 0 Å². The number of rotatable bonds is 0. The number of piperidine rings is 2. The average Bonchev–Trinajstić information content (AvgIpc) is 2.83. The Balaban J connectivity index is 0.000000144. The molecule has 0 radical (unpaired) electrons. The van der Waals surface area contributed by atoms with E-state index in [1.807, 2.05) is 0 Å². The minimum atomic E-state index is -4.67. The van der Waals surface area contributed by atoms with Crippen molar-refractivity contribution < 1.29 is 17.5 Å². The molecule has 8 nitrogen and oxygen atoms in total. The molecule has 4 unspecified atom stereocenters. The van der Waals surface area contributed by atoms with Gasteiger partial charge in [-0.05, 0) is 65.5 Å². The van der Waals surface area contributed by atoms with E-state index in [2.05, 4.69) is 23.9 Å². The SMILES string of the molecule is CN1C2CCC1CC(N)C2.CN1C2CCC1CC(N)C2.O=S(=O)(O)O. The predicted octanol–water partition coefficient (Wildman–Crippen LogP) is 0.488. The van der Waals surface area contributed by atoms with Crippen molar-refractivity contribution in [3.05, 3.63) is 0 Å². The molecule has 4 aliphatic rings. The lowest BCUT2D eigenvalue weighted by molar-refractivity contribution is 0.163. The molecule has 148 valence electrons. The zero-order valence-electron chi connectivity index (χ0n) is 15.3. The second-order valence-electron chi connectivity index (χ2n) is 8.01. The lowest BCUT2D eigenvalue weighted by atomic mass is 9.99. The first-order valence-electron chi connectivity index (χ1n) is 9.19. The quantitative estimate of drug-likeness (QED) is 0.448. The van der Waals surface area contributed by atoms with E-state index in [9.17, 15) is 0 Å². The smallest absolute Gasteiger partial charge is 0.328 e. The van der Waals surface area contributed by atoms with Gasteiger partial charge in [-0.25, -0.2) is 0 Å². The summed E-state index contributed by atoms with van der Waals surface area (Å²) in [6.45, 7) is 0. The molecule has 0 saturated carbocycles. The fraction of sp³-hybridized carbons (Fsp3) is 1.00. The number of hydrogen-bond donors (Lipinski definition) is 4. The van der Waals surface area contributed by atoms with Crippen molar-refractivity contribution in [2.45, 2.75) is 87.6 Å². The van der Waals surface area contributed by atoms with Crippen molar-refractivity contribution >= 4 is 10.4 Å². The first-order chi connectivity index (χ1) is 11.5. The van der Waals surface area contributed by atoms with Crippen LogP contribution < -0.4 is 11.5 Å². The monoisotopic (exact) mass is 378 g/mol. The van der Waals surface area contributed by atoms with Crippen LogP contribution >= 0.6 is 0 Å². The van der Waals surface area contributed by atoms with E-state index in [1.165, 1.54) is 51.4 Å². The zero-order chi connectivity index (χ0) is 18.8. The van der Waals surface area contributed by atoms with Gasteiger partial charge in [-0.1, -0.05) is 0 Å². The lowest BCUT2D eigenvalue weighted by Crippen LogP contribution is -2.45. The van der Waals surface area contributed by atoms with Gasteiger partial charge in [-0.2, -0.15) is 8.42 Å². The fourth-order valence-electron chi connectivity index (χ4n) is 4.91. The van der Waals surface area contributed by atoms with Gasteiger partial charge in [-0.3, -0.25) is 9.11 Å². The molecule has 4 heterocycles. The predicted molar refractivity (Wildman–Crippen MR) is 97.7 cm³/mol. The third-order valence-corrected chi connectivity index (χ3v) is 6.27. The molecule has 4 saturated heterocycles. The van der Waals surface area contributed by atoms with E-state index in [1.54, 1.807) is 0 Å². The molecule has 4 bridgehead atoms. The number of nitrogens with two attached hydrogens (primary N) is 2. The van der Waals surface area contributed by atoms with Crippen LogP contribution in [0.15, 0.2) is 0 Å². The molecule has 0 aromatic heterocycles. The van der Waals surface area contributed by atoms with Crippen molar-refractivity contribution in [1.82, 2.24) is 9.80 Å². The maximum Gasteiger partial charge on any atom is 0.394 e. The van der Waals surface area contributed by atoms with E-state index in [4.69, 9.17) is 29.0 Å². The van der Waals surface area contributed by atoms with Gasteiger partial charge in [0.1, 0.15) is 0 Å². The highest BCUT2D eigenvalue weighted by molar-refractivity contribution is 7.79. The third-order valence-electron chi connectivity index (χ3n) is 6.27. The topological polar surface area (TPSA) is 133 Å². The van der Waals surface area contributed by atoms with Gasteiger partial charge < -0.3 is 21.3 Å². The summed E-state index contributed by atoms with van der Waals surface area (Å²) < 4.78 is 31.6. The van der Waals surface area contributed by atoms with Crippen LogP contribution in [-0.4, -0.2) is 77.7 Å². The maximum atomic E-state index is 8.74. The lowest BCUT2D eigenvalue weighted by Gasteiger charge is -2.34. The molecular weight excluding hydrogens is 344 g/mol. The number of fused-ring (bicyclic) bond motifs is 4. The van der Waals surface area contributed by atoms with Crippen LogP contribution in [0.3, 0.4) is 0 Å². The summed E-state index contributed by atoms with van der Waals surface area (Å²) in [5, 5.41) is 0. The summed E-state index contributed by atoms with van der Waals surface area (Å²) in [5.41, 5.74) is 11.8. The van der Waals surface area contributed by atoms with Gasteiger partial charge in [0.2, 0.25) is 0 Å². The number of hydrogen-bond acceptors (Lipinski definition) is 6. The molecule has 4 fully saturated rings. The molecule has 9 heteroatoms. The second-order valence-corrected chi connectivity index (χ2v) is 8.91. The Labute approximate surface area is 151 Å². The summed E-state index contributed by atoms with van der Waals surface area (Å²) >= 11 is 0. The van der Waals surface area contributed by atoms with Gasteiger partial charge in [0.15, 0.2) is 0 Å². The Hall–Kier alpha value is -0.290. The van der Waals surface area contributed by atoms with Crippen LogP contribution in [0.25, 0.3) is 0 Å². The maximum absolute atomic E-state index is 8.74. The highest BCUT2D eigenvalue weighted by Crippen LogP contribution is 2.33. The van der Waals surface area contributed by atoms with E-state index < -0.39 is 10.4 Å². The summed E-state index contributed by atoms with van der Waals surface area (Å²) in [6, 6.07) is 4.24. The Morgan fingerprint density at radius 1 is 0.720 bits per heavy atom. The highest BCUT2D eigenvalue weighted by Gasteiger charge is 2.37. The first kappa shape index (κ1) is 21.0. The highest BCUT2D eigenvalue weighted by atomic mass is 32.3. The number of nitrogens with zero attached hydrogens (tertiary/aromatic N) is 2. The van der Waals surface area contributed by atoms with Gasteiger partial charge in [0, 0.05) is 36.3 Å². The van der Waals surface area contributed by atoms with Gasteiger partial charge in [0.05, 0.1) is 0 Å². The molecule has 0 amide bonds. The van der Waals surface area contributed by atoms with Crippen molar-refractivity contribution in [1.29, 1.82) is 0 Å². The van der Waals surface area contributed by atoms with Crippen molar-refractivity contribution in [3.8, 4) is 0 Å². The molecule has 0 spiro atoms. The average molecular weight is 379 g/mol. The third kappa shape index (κ3) is 6.42. The molecule has 0 aromatic carbocycles. The molecule has 4 atom stereocenters. The van der Waals surface area contributed by atoms with Gasteiger partial charge in [-0.15, -0.1) is 0 Å². The molecular formula is C16H34N4O4S. The standard InChI is InChI=1S/2C8H16N2.H2O4S/c2*1-10-7-2-3-8(10)5-6(9)4-7;1-5(2,3)4/h2*6-8H,2-5,9H2,1H3;(H2,1,2,3,4). The minimum Gasteiger partial charge on any atom is -0.328 e. The minimum absolute atomic E-state index is 0.494. The molecule has 4 aliphatic heterocycles. The summed E-state index contributed by atoms with van der Waals surface area (Å²) in [7, 11) is -0.178. The Bertz CT molecular complexity index is 464. The van der Waals surface area contributed by atoms with Crippen molar-refractivity contribution in [3.63, 3.8) is 0 Å². The zero-order valence-corrected chi connectivity index (χ0v) is 16.1.